The fourth-order valence-corrected chi connectivity index (χ4v) is 1.28. The van der Waals surface area contributed by atoms with Gasteiger partial charge in [0, 0.05) is 0 Å². The summed E-state index contributed by atoms with van der Waals surface area (Å²) in [5, 5.41) is 0.764. The molecule has 2 aliphatic carbocycles. The van der Waals surface area contributed by atoms with Crippen molar-refractivity contribution >= 4 is 6.09 Å². The number of carbonyl (C=O) groups is 1. The van der Waals surface area contributed by atoms with E-state index < -0.39 is 6.09 Å². The molecule has 1 amide bonds. The molecule has 0 saturated carbocycles. The van der Waals surface area contributed by atoms with Gasteiger partial charge in [-0.1, -0.05) is 24.3 Å². The number of hydroxylamine groups is 2. The van der Waals surface area contributed by atoms with Gasteiger partial charge >= 0.3 is 6.09 Å². The summed E-state index contributed by atoms with van der Waals surface area (Å²) < 4.78 is 4.85. The first-order valence-corrected chi connectivity index (χ1v) is 6.45. The van der Waals surface area contributed by atoms with Crippen molar-refractivity contribution in [2.24, 2.45) is 0 Å². The molecule has 0 heterocycles. The second-order valence-corrected chi connectivity index (χ2v) is 4.10. The van der Waals surface area contributed by atoms with Crippen molar-refractivity contribution in [3.05, 3.63) is 24.3 Å². The monoisotopic (exact) mass is 267 g/mol. The number of amides is 1. The summed E-state index contributed by atoms with van der Waals surface area (Å²) in [5.41, 5.74) is 2.85. The van der Waals surface area contributed by atoms with Crippen LogP contribution in [-0.2, 0) is 14.4 Å². The number of ether oxygens (including phenoxy) is 1. The average Bonchev–Trinajstić information content (AvgIpc) is 2.33. The first kappa shape index (κ1) is 15.5. The quantitative estimate of drug-likeness (QED) is 0.779. The van der Waals surface area contributed by atoms with E-state index in [1.54, 1.807) is 27.7 Å². The van der Waals surface area contributed by atoms with Gasteiger partial charge in [-0.2, -0.15) is 0 Å². The molecule has 0 aliphatic heterocycles. The van der Waals surface area contributed by atoms with Crippen molar-refractivity contribution in [2.45, 2.75) is 33.8 Å². The van der Waals surface area contributed by atoms with Crippen molar-refractivity contribution in [3.8, 4) is 11.1 Å². The molecule has 19 heavy (non-hydrogen) atoms. The minimum absolute atomic E-state index is 0.184. The molecule has 0 unspecified atom stereocenters. The Hall–Kier alpha value is -1.59. The van der Waals surface area contributed by atoms with Crippen molar-refractivity contribution in [1.82, 2.24) is 5.23 Å². The fourth-order valence-electron chi connectivity index (χ4n) is 1.28. The molecule has 2 aliphatic rings. The smallest absolute Gasteiger partial charge is 0.444 e. The highest BCUT2D eigenvalue weighted by Crippen LogP contribution is 2.29. The average molecular weight is 267 g/mol. The van der Waals surface area contributed by atoms with Gasteiger partial charge in [-0.3, -0.25) is 0 Å². The zero-order valence-electron chi connectivity index (χ0n) is 11.9. The predicted octanol–water partition coefficient (Wildman–Crippen LogP) is 3.40. The van der Waals surface area contributed by atoms with Crippen molar-refractivity contribution in [3.63, 3.8) is 0 Å². The van der Waals surface area contributed by atoms with Crippen LogP contribution in [-0.4, -0.2) is 30.6 Å². The number of rotatable bonds is 5. The molecule has 0 spiro atoms. The van der Waals surface area contributed by atoms with Crippen LogP contribution in [0.3, 0.4) is 0 Å². The predicted molar refractivity (Wildman–Crippen MR) is 72.1 cm³/mol. The third kappa shape index (κ3) is 4.89. The Labute approximate surface area is 114 Å². The van der Waals surface area contributed by atoms with Crippen molar-refractivity contribution < 1.29 is 19.2 Å². The molecule has 0 atom stereocenters. The summed E-state index contributed by atoms with van der Waals surface area (Å²) >= 11 is 0. The van der Waals surface area contributed by atoms with Gasteiger partial charge in [-0.05, 0) is 44.0 Å². The maximum atomic E-state index is 11.2. The molecule has 0 saturated heterocycles. The minimum Gasteiger partial charge on any atom is -0.444 e. The van der Waals surface area contributed by atoms with Crippen molar-refractivity contribution in [1.29, 1.82) is 0 Å². The number of hydrogen-bond donors (Lipinski definition) is 0. The fraction of sp³-hybridized carbons (Fsp3) is 0.500. The van der Waals surface area contributed by atoms with Crippen LogP contribution in [0.5, 0.6) is 0 Å². The topological polar surface area (TPSA) is 48.0 Å². The van der Waals surface area contributed by atoms with Gasteiger partial charge in [0.1, 0.15) is 0 Å². The Morgan fingerprint density at radius 1 is 1.05 bits per heavy atom. The second-order valence-electron chi connectivity index (χ2n) is 4.10. The summed E-state index contributed by atoms with van der Waals surface area (Å²) in [6, 6.07) is 8.48. The SMILES string of the molecule is CCON(OCC)C(=O)OC(C)C.c1cc2ccc1-2. The van der Waals surface area contributed by atoms with Crippen LogP contribution in [0.15, 0.2) is 24.3 Å². The van der Waals surface area contributed by atoms with Gasteiger partial charge in [-0.25, -0.2) is 14.5 Å². The van der Waals surface area contributed by atoms with Gasteiger partial charge in [-0.15, -0.1) is 0 Å². The van der Waals surface area contributed by atoms with E-state index in [9.17, 15) is 4.79 Å². The number of hydrogen-bond acceptors (Lipinski definition) is 4. The highest BCUT2D eigenvalue weighted by atomic mass is 17.0. The molecule has 0 N–H and O–H groups in total. The number of nitrogens with zero attached hydrogens (tertiary/aromatic N) is 1. The van der Waals surface area contributed by atoms with Gasteiger partial charge in [0.05, 0.1) is 19.3 Å². The minimum atomic E-state index is -0.626. The lowest BCUT2D eigenvalue weighted by Gasteiger charge is -2.19. The maximum Gasteiger partial charge on any atom is 0.460 e. The molecule has 5 nitrogen and oxygen atoms in total. The van der Waals surface area contributed by atoms with E-state index in [2.05, 4.69) is 24.3 Å². The van der Waals surface area contributed by atoms with E-state index in [0.29, 0.717) is 13.2 Å². The Kier molecular flexibility index (Phi) is 6.32. The standard InChI is InChI=1S/C8H17NO4.C6H4/c1-5-11-9(12-6-2)8(10)13-7(3)4;1-2-6-4-3-5(1)6/h7H,5-6H2,1-4H3;1-4H. The van der Waals surface area contributed by atoms with E-state index in [0.717, 1.165) is 5.23 Å². The van der Waals surface area contributed by atoms with Crippen LogP contribution in [0.4, 0.5) is 4.79 Å². The Bertz CT molecular complexity index is 362. The van der Waals surface area contributed by atoms with Crippen LogP contribution in [0, 0.1) is 0 Å². The van der Waals surface area contributed by atoms with Crippen molar-refractivity contribution in [2.75, 3.05) is 13.2 Å². The van der Waals surface area contributed by atoms with Gasteiger partial charge < -0.3 is 4.74 Å². The first-order chi connectivity index (χ1) is 9.08. The van der Waals surface area contributed by atoms with Crippen LogP contribution < -0.4 is 0 Å². The molecule has 0 bridgehead atoms. The highest BCUT2D eigenvalue weighted by molar-refractivity contribution is 5.75. The van der Waals surface area contributed by atoms with E-state index >= 15 is 0 Å². The van der Waals surface area contributed by atoms with Crippen LogP contribution in [0.2, 0.25) is 0 Å². The number of fused-ring (bicyclic) bond motifs is 1. The maximum absolute atomic E-state index is 11.2. The van der Waals surface area contributed by atoms with Crippen LogP contribution >= 0.6 is 0 Å². The molecule has 5 heteroatoms. The molecular weight excluding hydrogens is 246 g/mol. The zero-order chi connectivity index (χ0) is 14.3. The summed E-state index contributed by atoms with van der Waals surface area (Å²) in [6.07, 6.45) is -0.811. The lowest BCUT2D eigenvalue weighted by Crippen LogP contribution is -2.33. The first-order valence-electron chi connectivity index (χ1n) is 6.45. The van der Waals surface area contributed by atoms with Crippen LogP contribution in [0.1, 0.15) is 27.7 Å². The summed E-state index contributed by atoms with van der Waals surface area (Å²) in [7, 11) is 0. The molecular formula is C14H21NO4. The molecule has 106 valence electrons. The molecule has 0 aromatic heterocycles. The Morgan fingerprint density at radius 3 is 1.68 bits per heavy atom. The summed E-state index contributed by atoms with van der Waals surface area (Å²) in [4.78, 5) is 21.0. The van der Waals surface area contributed by atoms with Crippen LogP contribution in [0.25, 0.3) is 11.1 Å². The summed E-state index contributed by atoms with van der Waals surface area (Å²) in [6.45, 7) is 7.74. The number of benzene rings is 1. The van der Waals surface area contributed by atoms with Gasteiger partial charge in [0.2, 0.25) is 0 Å². The highest BCUT2D eigenvalue weighted by Gasteiger charge is 2.17. The lowest BCUT2D eigenvalue weighted by molar-refractivity contribution is -0.333. The molecule has 0 radical (unpaired) electrons. The molecule has 2 rings (SSSR count). The largest absolute Gasteiger partial charge is 0.460 e. The Morgan fingerprint density at radius 2 is 1.47 bits per heavy atom. The third-order valence-corrected chi connectivity index (χ3v) is 2.20. The third-order valence-electron chi connectivity index (χ3n) is 2.20. The molecule has 0 fully saturated rings. The molecule has 0 aromatic rings. The van der Waals surface area contributed by atoms with E-state index in [1.807, 2.05) is 0 Å². The normalized spacial score (nSPS) is 10.6. The zero-order valence-corrected chi connectivity index (χ0v) is 11.9. The number of carbonyl (C=O) groups excluding carboxylic acids is 1. The summed E-state index contributed by atoms with van der Waals surface area (Å²) in [5.74, 6) is 0. The lowest BCUT2D eigenvalue weighted by atomic mass is 9.95. The Balaban J connectivity index is 0.000000241. The van der Waals surface area contributed by atoms with Gasteiger partial charge in [0.15, 0.2) is 0 Å². The van der Waals surface area contributed by atoms with E-state index in [-0.39, 0.29) is 6.10 Å². The van der Waals surface area contributed by atoms with E-state index in [1.165, 1.54) is 11.1 Å². The second kappa shape index (κ2) is 7.76. The van der Waals surface area contributed by atoms with E-state index in [4.69, 9.17) is 14.4 Å². The molecule has 0 aromatic carbocycles. The van der Waals surface area contributed by atoms with Gasteiger partial charge in [0.25, 0.3) is 0 Å².